The van der Waals surface area contributed by atoms with Gasteiger partial charge in [-0.3, -0.25) is 9.69 Å². The highest BCUT2D eigenvalue weighted by molar-refractivity contribution is 7.14. The smallest absolute Gasteiger partial charge is 0.261 e. The van der Waals surface area contributed by atoms with E-state index in [-0.39, 0.29) is 11.9 Å². The van der Waals surface area contributed by atoms with Crippen LogP contribution in [0.2, 0.25) is 0 Å². The normalized spacial score (nSPS) is 15.6. The molecule has 0 aliphatic carbocycles. The molecule has 0 unspecified atom stereocenters. The summed E-state index contributed by atoms with van der Waals surface area (Å²) < 4.78 is 0. The summed E-state index contributed by atoms with van der Waals surface area (Å²) in [4.78, 5) is 17.2. The van der Waals surface area contributed by atoms with Crippen molar-refractivity contribution in [2.75, 3.05) is 0 Å². The minimum absolute atomic E-state index is 0.0159. The Morgan fingerprint density at radius 2 is 1.92 bits per heavy atom. The number of carbonyl (C=O) groups is 1. The monoisotopic (exact) mass is 342 g/mol. The topological polar surface area (TPSA) is 32.3 Å². The molecule has 1 aliphatic heterocycles. The van der Waals surface area contributed by atoms with E-state index in [0.29, 0.717) is 6.04 Å². The second-order valence-corrected chi connectivity index (χ2v) is 8.25. The molecule has 128 valence electrons. The average Bonchev–Trinajstić information content (AvgIpc) is 3.05. The van der Waals surface area contributed by atoms with E-state index in [1.54, 1.807) is 11.3 Å². The second-order valence-electron chi connectivity index (χ2n) is 7.11. The molecule has 1 aromatic carbocycles. The van der Waals surface area contributed by atoms with Crippen LogP contribution in [0.15, 0.2) is 24.3 Å². The summed E-state index contributed by atoms with van der Waals surface area (Å²) in [5.41, 5.74) is 4.98. The van der Waals surface area contributed by atoms with Crippen LogP contribution >= 0.6 is 11.3 Å². The lowest BCUT2D eigenvalue weighted by atomic mass is 10.0. The van der Waals surface area contributed by atoms with Gasteiger partial charge in [0.2, 0.25) is 0 Å². The molecule has 2 heterocycles. The Hall–Kier alpha value is -1.65. The fourth-order valence-electron chi connectivity index (χ4n) is 3.33. The molecule has 1 amide bonds. The molecule has 0 fully saturated rings. The third kappa shape index (κ3) is 3.40. The standard InChI is InChI=1S/C20H26N2OS/c1-12(2)22-10-16-9-18(24-19(16)11-22)20(23)21-15(5)17-7-6-13(3)8-14(17)4/h6-9,12,15H,10-11H2,1-5H3,(H,21,23)/t15-/m0/s1. The lowest BCUT2D eigenvalue weighted by molar-refractivity contribution is 0.0943. The number of fused-ring (bicyclic) bond motifs is 1. The predicted octanol–water partition coefficient (Wildman–Crippen LogP) is 4.58. The molecular formula is C20H26N2OS. The van der Waals surface area contributed by atoms with Gasteiger partial charge in [0, 0.05) is 24.0 Å². The Labute approximate surface area is 148 Å². The Morgan fingerprint density at radius 1 is 1.17 bits per heavy atom. The van der Waals surface area contributed by atoms with Gasteiger partial charge in [0.1, 0.15) is 0 Å². The zero-order valence-corrected chi connectivity index (χ0v) is 16.0. The summed E-state index contributed by atoms with van der Waals surface area (Å²) in [6.07, 6.45) is 0. The number of rotatable bonds is 4. The van der Waals surface area contributed by atoms with Gasteiger partial charge in [-0.15, -0.1) is 11.3 Å². The zero-order valence-electron chi connectivity index (χ0n) is 15.1. The fraction of sp³-hybridized carbons (Fsp3) is 0.450. The number of benzene rings is 1. The maximum absolute atomic E-state index is 12.6. The lowest BCUT2D eigenvalue weighted by Gasteiger charge is -2.19. The molecule has 0 saturated heterocycles. The molecule has 0 bridgehead atoms. The molecule has 0 radical (unpaired) electrons. The van der Waals surface area contributed by atoms with Crippen LogP contribution in [-0.2, 0) is 13.1 Å². The molecule has 2 aromatic rings. The van der Waals surface area contributed by atoms with Crippen LogP contribution in [-0.4, -0.2) is 16.8 Å². The summed E-state index contributed by atoms with van der Waals surface area (Å²) in [7, 11) is 0. The van der Waals surface area contributed by atoms with Crippen LogP contribution in [0.3, 0.4) is 0 Å². The molecule has 0 spiro atoms. The highest BCUT2D eigenvalue weighted by Crippen LogP contribution is 2.32. The van der Waals surface area contributed by atoms with Crippen molar-refractivity contribution in [2.24, 2.45) is 0 Å². The first-order valence-electron chi connectivity index (χ1n) is 8.58. The van der Waals surface area contributed by atoms with Crippen LogP contribution in [0.25, 0.3) is 0 Å². The third-order valence-corrected chi connectivity index (χ3v) is 5.97. The number of hydrogen-bond donors (Lipinski definition) is 1. The Balaban J connectivity index is 1.69. The number of aryl methyl sites for hydroxylation is 2. The van der Waals surface area contributed by atoms with E-state index in [2.05, 4.69) is 69.1 Å². The third-order valence-electron chi connectivity index (χ3n) is 4.81. The van der Waals surface area contributed by atoms with Crippen LogP contribution in [0.5, 0.6) is 0 Å². The van der Waals surface area contributed by atoms with Gasteiger partial charge >= 0.3 is 0 Å². The van der Waals surface area contributed by atoms with Gasteiger partial charge in [-0.25, -0.2) is 0 Å². The lowest BCUT2D eigenvalue weighted by Crippen LogP contribution is -2.27. The molecule has 24 heavy (non-hydrogen) atoms. The fourth-order valence-corrected chi connectivity index (χ4v) is 4.43. The molecule has 1 atom stereocenters. The van der Waals surface area contributed by atoms with Crippen molar-refractivity contribution in [1.29, 1.82) is 0 Å². The quantitative estimate of drug-likeness (QED) is 0.882. The maximum atomic E-state index is 12.6. The van der Waals surface area contributed by atoms with Crippen LogP contribution in [0, 0.1) is 13.8 Å². The van der Waals surface area contributed by atoms with Gasteiger partial charge in [-0.05, 0) is 57.4 Å². The van der Waals surface area contributed by atoms with Crippen molar-refractivity contribution in [2.45, 2.75) is 59.8 Å². The SMILES string of the molecule is Cc1ccc([C@H](C)NC(=O)c2cc3c(s2)CN(C(C)C)C3)c(C)c1. The highest BCUT2D eigenvalue weighted by atomic mass is 32.1. The highest BCUT2D eigenvalue weighted by Gasteiger charge is 2.25. The summed E-state index contributed by atoms with van der Waals surface area (Å²) in [5, 5.41) is 3.15. The molecular weight excluding hydrogens is 316 g/mol. The largest absolute Gasteiger partial charge is 0.345 e. The van der Waals surface area contributed by atoms with Gasteiger partial charge in [-0.1, -0.05) is 23.8 Å². The van der Waals surface area contributed by atoms with Gasteiger partial charge in [0.15, 0.2) is 0 Å². The Morgan fingerprint density at radius 3 is 2.54 bits per heavy atom. The van der Waals surface area contributed by atoms with Crippen LogP contribution in [0.1, 0.15) is 63.6 Å². The van der Waals surface area contributed by atoms with E-state index in [9.17, 15) is 4.79 Å². The van der Waals surface area contributed by atoms with Crippen molar-refractivity contribution in [3.63, 3.8) is 0 Å². The number of thiophene rings is 1. The number of carbonyl (C=O) groups excluding carboxylic acids is 1. The minimum Gasteiger partial charge on any atom is -0.345 e. The molecule has 1 N–H and O–H groups in total. The number of amides is 1. The van der Waals surface area contributed by atoms with Gasteiger partial charge in [-0.2, -0.15) is 0 Å². The van der Waals surface area contributed by atoms with Gasteiger partial charge < -0.3 is 5.32 Å². The van der Waals surface area contributed by atoms with E-state index < -0.39 is 0 Å². The summed E-state index contributed by atoms with van der Waals surface area (Å²) in [6.45, 7) is 12.6. The Kier molecular flexibility index (Phi) is 4.79. The van der Waals surface area contributed by atoms with E-state index in [0.717, 1.165) is 18.0 Å². The van der Waals surface area contributed by atoms with E-state index in [1.807, 2.05) is 0 Å². The molecule has 1 aromatic heterocycles. The summed E-state index contributed by atoms with van der Waals surface area (Å²) >= 11 is 1.64. The number of hydrogen-bond acceptors (Lipinski definition) is 3. The van der Waals surface area contributed by atoms with Gasteiger partial charge in [0.05, 0.1) is 10.9 Å². The van der Waals surface area contributed by atoms with Crippen molar-refractivity contribution in [3.05, 3.63) is 56.3 Å². The maximum Gasteiger partial charge on any atom is 0.261 e. The second kappa shape index (κ2) is 6.69. The number of nitrogens with zero attached hydrogens (tertiary/aromatic N) is 1. The molecule has 1 aliphatic rings. The first-order chi connectivity index (χ1) is 11.3. The van der Waals surface area contributed by atoms with Crippen molar-refractivity contribution < 1.29 is 4.79 Å². The van der Waals surface area contributed by atoms with Crippen molar-refractivity contribution in [3.8, 4) is 0 Å². The first kappa shape index (κ1) is 17.2. The van der Waals surface area contributed by atoms with E-state index >= 15 is 0 Å². The predicted molar refractivity (Wildman–Crippen MR) is 100 cm³/mol. The zero-order chi connectivity index (χ0) is 17.4. The first-order valence-corrected chi connectivity index (χ1v) is 9.40. The minimum atomic E-state index is 0.0159. The Bertz CT molecular complexity index is 739. The number of nitrogens with one attached hydrogen (secondary N) is 1. The van der Waals surface area contributed by atoms with Crippen molar-refractivity contribution in [1.82, 2.24) is 10.2 Å². The van der Waals surface area contributed by atoms with E-state index in [1.165, 1.54) is 27.1 Å². The van der Waals surface area contributed by atoms with Crippen LogP contribution < -0.4 is 5.32 Å². The molecule has 3 rings (SSSR count). The van der Waals surface area contributed by atoms with Crippen molar-refractivity contribution >= 4 is 17.2 Å². The average molecular weight is 343 g/mol. The summed E-state index contributed by atoms with van der Waals surface area (Å²) in [5.74, 6) is 0.0398. The summed E-state index contributed by atoms with van der Waals surface area (Å²) in [6, 6.07) is 9.02. The molecule has 4 heteroatoms. The van der Waals surface area contributed by atoms with E-state index in [4.69, 9.17) is 0 Å². The van der Waals surface area contributed by atoms with Gasteiger partial charge in [0.25, 0.3) is 5.91 Å². The molecule has 0 saturated carbocycles. The van der Waals surface area contributed by atoms with Crippen LogP contribution in [0.4, 0.5) is 0 Å². The molecule has 3 nitrogen and oxygen atoms in total.